The lowest BCUT2D eigenvalue weighted by molar-refractivity contribution is -0.127. The molecule has 2 heterocycles. The lowest BCUT2D eigenvalue weighted by Crippen LogP contribution is -2.47. The number of piperidine rings is 1. The van der Waals surface area contributed by atoms with Gasteiger partial charge in [0.05, 0.1) is 0 Å². The summed E-state index contributed by atoms with van der Waals surface area (Å²) in [7, 11) is 0. The van der Waals surface area contributed by atoms with Gasteiger partial charge in [-0.1, -0.05) is 12.1 Å². The van der Waals surface area contributed by atoms with Crippen molar-refractivity contribution in [1.82, 2.24) is 15.1 Å². The Morgan fingerprint density at radius 1 is 1.21 bits per heavy atom. The zero-order chi connectivity index (χ0) is 17.1. The molecule has 128 valence electrons. The summed E-state index contributed by atoms with van der Waals surface area (Å²) in [6.45, 7) is 4.62. The maximum Gasteiger partial charge on any atom is 0.317 e. The van der Waals surface area contributed by atoms with Crippen LogP contribution in [-0.2, 0) is 4.79 Å². The second kappa shape index (κ2) is 7.03. The molecule has 3 amide bonds. The van der Waals surface area contributed by atoms with E-state index in [1.807, 2.05) is 16.7 Å². The number of urea groups is 1. The first-order valence-corrected chi connectivity index (χ1v) is 8.32. The van der Waals surface area contributed by atoms with Gasteiger partial charge in [-0.2, -0.15) is 0 Å². The number of carbonyl (C=O) groups is 2. The van der Waals surface area contributed by atoms with Gasteiger partial charge in [0.15, 0.2) is 0 Å². The minimum atomic E-state index is -0.286. The summed E-state index contributed by atoms with van der Waals surface area (Å²) in [5.74, 6) is -0.313. The Balaban J connectivity index is 1.57. The highest BCUT2D eigenvalue weighted by atomic mass is 19.1. The van der Waals surface area contributed by atoms with Gasteiger partial charge >= 0.3 is 6.03 Å². The summed E-state index contributed by atoms with van der Waals surface area (Å²) in [6, 6.07) is 6.36. The standard InChI is InChI=1S/C18H22FN3O2/c1-13(14-2-4-15(19)5-3-14)12-17(23)21-9-6-16(7-10-21)22-11-8-20-18(22)24/h2-5,12,16H,6-11H2,1H3,(H,20,24)/b13-12-. The fourth-order valence-electron chi connectivity index (χ4n) is 3.31. The molecule has 5 nitrogen and oxygen atoms in total. The molecule has 1 N–H and O–H groups in total. The average molecular weight is 331 g/mol. The number of hydrogen-bond donors (Lipinski definition) is 1. The molecule has 2 saturated heterocycles. The third-order valence-corrected chi connectivity index (χ3v) is 4.75. The molecule has 0 saturated carbocycles. The number of nitrogens with zero attached hydrogens (tertiary/aromatic N) is 2. The molecule has 0 aliphatic carbocycles. The molecule has 0 bridgehead atoms. The van der Waals surface area contributed by atoms with E-state index in [1.165, 1.54) is 12.1 Å². The lowest BCUT2D eigenvalue weighted by Gasteiger charge is -2.35. The van der Waals surface area contributed by atoms with Crippen molar-refractivity contribution in [1.29, 1.82) is 0 Å². The summed E-state index contributed by atoms with van der Waals surface area (Å²) in [5, 5.41) is 2.82. The summed E-state index contributed by atoms with van der Waals surface area (Å²) in [6.07, 6.45) is 3.22. The van der Waals surface area contributed by atoms with Crippen LogP contribution in [0, 0.1) is 5.82 Å². The van der Waals surface area contributed by atoms with Crippen LogP contribution < -0.4 is 5.32 Å². The van der Waals surface area contributed by atoms with Gasteiger partial charge in [0.2, 0.25) is 5.91 Å². The minimum Gasteiger partial charge on any atom is -0.339 e. The highest BCUT2D eigenvalue weighted by Crippen LogP contribution is 2.20. The van der Waals surface area contributed by atoms with Crippen molar-refractivity contribution in [2.45, 2.75) is 25.8 Å². The number of benzene rings is 1. The Hall–Kier alpha value is -2.37. The van der Waals surface area contributed by atoms with Gasteiger partial charge in [-0.05, 0) is 43.0 Å². The highest BCUT2D eigenvalue weighted by Gasteiger charge is 2.31. The van der Waals surface area contributed by atoms with Crippen LogP contribution in [0.3, 0.4) is 0 Å². The maximum absolute atomic E-state index is 13.0. The van der Waals surface area contributed by atoms with Gasteiger partial charge in [0.25, 0.3) is 0 Å². The average Bonchev–Trinajstić information content (AvgIpc) is 3.01. The molecule has 24 heavy (non-hydrogen) atoms. The van der Waals surface area contributed by atoms with E-state index in [2.05, 4.69) is 5.32 Å². The molecule has 0 aromatic heterocycles. The van der Waals surface area contributed by atoms with Gasteiger partial charge in [-0.15, -0.1) is 0 Å². The monoisotopic (exact) mass is 331 g/mol. The van der Waals surface area contributed by atoms with Crippen molar-refractivity contribution in [3.05, 3.63) is 41.7 Å². The second-order valence-corrected chi connectivity index (χ2v) is 6.32. The number of likely N-dealkylation sites (tertiary alicyclic amines) is 1. The minimum absolute atomic E-state index is 0.00632. The van der Waals surface area contributed by atoms with Gasteiger partial charge in [0, 0.05) is 38.3 Å². The first-order chi connectivity index (χ1) is 11.5. The fraction of sp³-hybridized carbons (Fsp3) is 0.444. The van der Waals surface area contributed by atoms with Crippen LogP contribution in [0.5, 0.6) is 0 Å². The van der Waals surface area contributed by atoms with E-state index in [0.29, 0.717) is 19.6 Å². The number of hydrogen-bond acceptors (Lipinski definition) is 2. The zero-order valence-electron chi connectivity index (χ0n) is 13.8. The predicted molar refractivity (Wildman–Crippen MR) is 89.8 cm³/mol. The van der Waals surface area contributed by atoms with Crippen LogP contribution >= 0.6 is 0 Å². The van der Waals surface area contributed by atoms with Gasteiger partial charge in [-0.25, -0.2) is 9.18 Å². The van der Waals surface area contributed by atoms with E-state index >= 15 is 0 Å². The molecule has 0 radical (unpaired) electrons. The molecule has 1 aromatic rings. The van der Waals surface area contributed by atoms with E-state index in [4.69, 9.17) is 0 Å². The van der Waals surface area contributed by atoms with E-state index in [0.717, 1.165) is 30.5 Å². The second-order valence-electron chi connectivity index (χ2n) is 6.32. The van der Waals surface area contributed by atoms with Crippen molar-refractivity contribution in [2.24, 2.45) is 0 Å². The Labute approximate surface area is 141 Å². The van der Waals surface area contributed by atoms with Crippen molar-refractivity contribution in [3.8, 4) is 0 Å². The summed E-state index contributed by atoms with van der Waals surface area (Å²) in [5.41, 5.74) is 1.66. The number of amides is 3. The van der Waals surface area contributed by atoms with Crippen LogP contribution in [0.15, 0.2) is 30.3 Å². The van der Waals surface area contributed by atoms with Crippen molar-refractivity contribution in [2.75, 3.05) is 26.2 Å². The van der Waals surface area contributed by atoms with E-state index < -0.39 is 0 Å². The molecule has 0 atom stereocenters. The molecule has 0 unspecified atom stereocenters. The number of rotatable bonds is 3. The largest absolute Gasteiger partial charge is 0.339 e. The molecule has 6 heteroatoms. The third-order valence-electron chi connectivity index (χ3n) is 4.75. The van der Waals surface area contributed by atoms with Crippen molar-refractivity contribution >= 4 is 17.5 Å². The Kier molecular flexibility index (Phi) is 4.83. The SMILES string of the molecule is C/C(=C/C(=O)N1CCC(N2CCNC2=O)CC1)c1ccc(F)cc1. The molecular formula is C18H22FN3O2. The first-order valence-electron chi connectivity index (χ1n) is 8.32. The summed E-state index contributed by atoms with van der Waals surface area (Å²) >= 11 is 0. The molecule has 1 aromatic carbocycles. The van der Waals surface area contributed by atoms with E-state index in [-0.39, 0.29) is 23.8 Å². The molecule has 2 aliphatic rings. The van der Waals surface area contributed by atoms with E-state index in [1.54, 1.807) is 18.2 Å². The zero-order valence-corrected chi connectivity index (χ0v) is 13.8. The van der Waals surface area contributed by atoms with Gasteiger partial charge in [0.1, 0.15) is 5.82 Å². The molecule has 2 aliphatic heterocycles. The normalized spacial score (nSPS) is 19.6. The number of allylic oxidation sites excluding steroid dienone is 1. The summed E-state index contributed by atoms with van der Waals surface area (Å²) < 4.78 is 13.0. The first kappa shape index (κ1) is 16.5. The quantitative estimate of drug-likeness (QED) is 0.864. The highest BCUT2D eigenvalue weighted by molar-refractivity contribution is 5.94. The molecule has 0 spiro atoms. The smallest absolute Gasteiger partial charge is 0.317 e. The predicted octanol–water partition coefficient (Wildman–Crippen LogP) is 2.25. The molecule has 3 rings (SSSR count). The Bertz CT molecular complexity index is 649. The Morgan fingerprint density at radius 3 is 2.46 bits per heavy atom. The van der Waals surface area contributed by atoms with Crippen LogP contribution in [0.4, 0.5) is 9.18 Å². The number of halogens is 1. The maximum atomic E-state index is 13.0. The summed E-state index contributed by atoms with van der Waals surface area (Å²) in [4.78, 5) is 27.8. The van der Waals surface area contributed by atoms with Crippen molar-refractivity contribution in [3.63, 3.8) is 0 Å². The van der Waals surface area contributed by atoms with Crippen LogP contribution in [-0.4, -0.2) is 54.0 Å². The van der Waals surface area contributed by atoms with Crippen LogP contribution in [0.1, 0.15) is 25.3 Å². The molecule has 2 fully saturated rings. The number of nitrogens with one attached hydrogen (secondary N) is 1. The third kappa shape index (κ3) is 3.58. The van der Waals surface area contributed by atoms with Gasteiger partial charge < -0.3 is 15.1 Å². The van der Waals surface area contributed by atoms with Crippen LogP contribution in [0.25, 0.3) is 5.57 Å². The number of carbonyl (C=O) groups excluding carboxylic acids is 2. The topological polar surface area (TPSA) is 52.7 Å². The van der Waals surface area contributed by atoms with Gasteiger partial charge in [-0.3, -0.25) is 4.79 Å². The van der Waals surface area contributed by atoms with Crippen LogP contribution in [0.2, 0.25) is 0 Å². The molecular weight excluding hydrogens is 309 g/mol. The fourth-order valence-corrected chi connectivity index (χ4v) is 3.31. The van der Waals surface area contributed by atoms with E-state index in [9.17, 15) is 14.0 Å². The van der Waals surface area contributed by atoms with Crippen molar-refractivity contribution < 1.29 is 14.0 Å². The lowest BCUT2D eigenvalue weighted by atomic mass is 10.0. The Morgan fingerprint density at radius 2 is 1.88 bits per heavy atom.